The van der Waals surface area contributed by atoms with Gasteiger partial charge in [0, 0.05) is 25.6 Å². The molecule has 1 saturated heterocycles. The van der Waals surface area contributed by atoms with Gasteiger partial charge in [0.05, 0.1) is 11.5 Å². The van der Waals surface area contributed by atoms with Crippen molar-refractivity contribution in [2.24, 2.45) is 0 Å². The molecule has 5 nitrogen and oxygen atoms in total. The van der Waals surface area contributed by atoms with Crippen molar-refractivity contribution in [1.29, 1.82) is 0 Å². The number of hydrogen-bond acceptors (Lipinski definition) is 4. The van der Waals surface area contributed by atoms with Gasteiger partial charge in [-0.05, 0) is 6.42 Å². The predicted octanol–water partition coefficient (Wildman–Crippen LogP) is -0.545. The number of hydrogen-bond donors (Lipinski definition) is 2. The van der Waals surface area contributed by atoms with Gasteiger partial charge < -0.3 is 10.6 Å². The van der Waals surface area contributed by atoms with Gasteiger partial charge in [0.15, 0.2) is 9.84 Å². The summed E-state index contributed by atoms with van der Waals surface area (Å²) in [7, 11) is -2.91. The SMILES string of the molecule is C=CCNCCC(=O)NC1CCS(=O)(=O)C1. The van der Waals surface area contributed by atoms with E-state index < -0.39 is 9.84 Å². The highest BCUT2D eigenvalue weighted by molar-refractivity contribution is 7.91. The molecule has 1 rings (SSSR count). The summed E-state index contributed by atoms with van der Waals surface area (Å²) < 4.78 is 22.3. The van der Waals surface area contributed by atoms with Gasteiger partial charge in [0.2, 0.25) is 5.91 Å². The molecule has 1 aliphatic rings. The topological polar surface area (TPSA) is 75.3 Å². The number of sulfone groups is 1. The summed E-state index contributed by atoms with van der Waals surface area (Å²) in [5, 5.41) is 5.74. The largest absolute Gasteiger partial charge is 0.352 e. The number of amides is 1. The zero-order chi connectivity index (χ0) is 12.0. The highest BCUT2D eigenvalue weighted by Gasteiger charge is 2.28. The van der Waals surface area contributed by atoms with E-state index in [-0.39, 0.29) is 23.5 Å². The zero-order valence-corrected chi connectivity index (χ0v) is 10.1. The quantitative estimate of drug-likeness (QED) is 0.487. The Balaban J connectivity index is 2.17. The number of nitrogens with one attached hydrogen (secondary N) is 2. The van der Waals surface area contributed by atoms with Gasteiger partial charge in [-0.3, -0.25) is 4.79 Å². The van der Waals surface area contributed by atoms with Crippen molar-refractivity contribution in [2.45, 2.75) is 18.9 Å². The maximum atomic E-state index is 11.4. The lowest BCUT2D eigenvalue weighted by molar-refractivity contribution is -0.121. The summed E-state index contributed by atoms with van der Waals surface area (Å²) in [5.74, 6) is 0.171. The fourth-order valence-electron chi connectivity index (χ4n) is 1.61. The lowest BCUT2D eigenvalue weighted by atomic mass is 10.2. The average Bonchev–Trinajstić information content (AvgIpc) is 2.53. The van der Waals surface area contributed by atoms with Crippen molar-refractivity contribution in [3.05, 3.63) is 12.7 Å². The van der Waals surface area contributed by atoms with Crippen LogP contribution in [0.15, 0.2) is 12.7 Å². The van der Waals surface area contributed by atoms with E-state index in [0.717, 1.165) is 0 Å². The van der Waals surface area contributed by atoms with Crippen LogP contribution in [0.1, 0.15) is 12.8 Å². The molecule has 0 aromatic carbocycles. The normalized spacial score (nSPS) is 22.9. The van der Waals surface area contributed by atoms with Crippen LogP contribution in [-0.4, -0.2) is 45.0 Å². The Morgan fingerprint density at radius 2 is 2.25 bits per heavy atom. The first-order chi connectivity index (χ1) is 7.53. The third-order valence-electron chi connectivity index (χ3n) is 2.42. The molecular weight excluding hydrogens is 228 g/mol. The number of carbonyl (C=O) groups excluding carboxylic acids is 1. The third kappa shape index (κ3) is 4.76. The van der Waals surface area contributed by atoms with Crippen LogP contribution >= 0.6 is 0 Å². The van der Waals surface area contributed by atoms with Crippen molar-refractivity contribution in [2.75, 3.05) is 24.6 Å². The van der Waals surface area contributed by atoms with Gasteiger partial charge in [0.1, 0.15) is 0 Å². The molecule has 0 bridgehead atoms. The second-order valence-corrected chi connectivity index (χ2v) is 6.14. The van der Waals surface area contributed by atoms with Crippen LogP contribution in [-0.2, 0) is 14.6 Å². The summed E-state index contributed by atoms with van der Waals surface area (Å²) in [6.07, 6.45) is 2.62. The Morgan fingerprint density at radius 3 is 2.81 bits per heavy atom. The summed E-state index contributed by atoms with van der Waals surface area (Å²) in [6.45, 7) is 4.80. The maximum absolute atomic E-state index is 11.4. The Morgan fingerprint density at radius 1 is 1.50 bits per heavy atom. The molecule has 0 radical (unpaired) electrons. The molecule has 0 saturated carbocycles. The van der Waals surface area contributed by atoms with Crippen LogP contribution in [0.3, 0.4) is 0 Å². The van der Waals surface area contributed by atoms with Crippen molar-refractivity contribution < 1.29 is 13.2 Å². The molecule has 1 amide bonds. The maximum Gasteiger partial charge on any atom is 0.221 e. The molecule has 1 aliphatic heterocycles. The van der Waals surface area contributed by atoms with Gasteiger partial charge in [0.25, 0.3) is 0 Å². The predicted molar refractivity (Wildman–Crippen MR) is 62.9 cm³/mol. The molecule has 0 aromatic rings. The van der Waals surface area contributed by atoms with Crippen LogP contribution in [0, 0.1) is 0 Å². The van der Waals surface area contributed by atoms with Gasteiger partial charge in [-0.2, -0.15) is 0 Å². The van der Waals surface area contributed by atoms with Gasteiger partial charge >= 0.3 is 0 Å². The molecule has 6 heteroatoms. The molecule has 2 N–H and O–H groups in total. The third-order valence-corrected chi connectivity index (χ3v) is 4.18. The summed E-state index contributed by atoms with van der Waals surface area (Å²) >= 11 is 0. The molecule has 0 aromatic heterocycles. The fraction of sp³-hybridized carbons (Fsp3) is 0.700. The molecule has 1 fully saturated rings. The average molecular weight is 246 g/mol. The van der Waals surface area contributed by atoms with E-state index in [2.05, 4.69) is 17.2 Å². The van der Waals surface area contributed by atoms with Gasteiger partial charge in [-0.15, -0.1) is 6.58 Å². The van der Waals surface area contributed by atoms with Crippen LogP contribution in [0.2, 0.25) is 0 Å². The minimum Gasteiger partial charge on any atom is -0.352 e. The van der Waals surface area contributed by atoms with Crippen molar-refractivity contribution >= 4 is 15.7 Å². The smallest absolute Gasteiger partial charge is 0.221 e. The van der Waals surface area contributed by atoms with Crippen LogP contribution < -0.4 is 10.6 Å². The second-order valence-electron chi connectivity index (χ2n) is 3.91. The van der Waals surface area contributed by atoms with E-state index in [1.54, 1.807) is 6.08 Å². The van der Waals surface area contributed by atoms with E-state index >= 15 is 0 Å². The van der Waals surface area contributed by atoms with Crippen LogP contribution in [0.4, 0.5) is 0 Å². The molecular formula is C10H18N2O3S. The molecule has 92 valence electrons. The van der Waals surface area contributed by atoms with Crippen LogP contribution in [0.5, 0.6) is 0 Å². The lowest BCUT2D eigenvalue weighted by Crippen LogP contribution is -2.37. The minimum absolute atomic E-state index is 0.0822. The van der Waals surface area contributed by atoms with E-state index in [1.165, 1.54) is 0 Å². The van der Waals surface area contributed by atoms with E-state index in [4.69, 9.17) is 0 Å². The summed E-state index contributed by atoms with van der Waals surface area (Å²) in [6, 6.07) is -0.197. The van der Waals surface area contributed by atoms with E-state index in [1.807, 2.05) is 0 Å². The number of rotatable bonds is 6. The zero-order valence-electron chi connectivity index (χ0n) is 9.24. The molecule has 1 unspecified atom stereocenters. The van der Waals surface area contributed by atoms with Crippen molar-refractivity contribution in [3.63, 3.8) is 0 Å². The van der Waals surface area contributed by atoms with E-state index in [9.17, 15) is 13.2 Å². The lowest BCUT2D eigenvalue weighted by Gasteiger charge is -2.10. The fourth-order valence-corrected chi connectivity index (χ4v) is 3.29. The summed E-state index contributed by atoms with van der Waals surface area (Å²) in [4.78, 5) is 11.4. The highest BCUT2D eigenvalue weighted by atomic mass is 32.2. The van der Waals surface area contributed by atoms with Gasteiger partial charge in [-0.25, -0.2) is 8.42 Å². The first kappa shape index (κ1) is 13.2. The molecule has 0 aliphatic carbocycles. The Bertz CT molecular complexity index is 351. The molecule has 0 spiro atoms. The Hall–Kier alpha value is -0.880. The first-order valence-corrected chi connectivity index (χ1v) is 7.17. The molecule has 1 atom stereocenters. The van der Waals surface area contributed by atoms with E-state index in [0.29, 0.717) is 25.9 Å². The van der Waals surface area contributed by atoms with Crippen molar-refractivity contribution in [3.8, 4) is 0 Å². The minimum atomic E-state index is -2.91. The second kappa shape index (κ2) is 6.00. The van der Waals surface area contributed by atoms with Crippen molar-refractivity contribution in [1.82, 2.24) is 10.6 Å². The Kier molecular flexibility index (Phi) is 4.95. The van der Waals surface area contributed by atoms with Gasteiger partial charge in [-0.1, -0.05) is 6.08 Å². The summed E-state index contributed by atoms with van der Waals surface area (Å²) in [5.41, 5.74) is 0. The van der Waals surface area contributed by atoms with Crippen LogP contribution in [0.25, 0.3) is 0 Å². The number of carbonyl (C=O) groups is 1. The Labute approximate surface area is 96.2 Å². The molecule has 1 heterocycles. The monoisotopic (exact) mass is 246 g/mol. The standard InChI is InChI=1S/C10H18N2O3S/c1-2-5-11-6-3-10(13)12-9-4-7-16(14,15)8-9/h2,9,11H,1,3-8H2,(H,12,13). The molecule has 16 heavy (non-hydrogen) atoms. The first-order valence-electron chi connectivity index (χ1n) is 5.35. The highest BCUT2D eigenvalue weighted by Crippen LogP contribution is 2.11.